The number of benzene rings is 1. The topological polar surface area (TPSA) is 82.2 Å². The van der Waals surface area contributed by atoms with Gasteiger partial charge in [0.1, 0.15) is 0 Å². The molecule has 4 rings (SSSR count). The summed E-state index contributed by atoms with van der Waals surface area (Å²) in [6, 6.07) is 7.74. The number of rotatable bonds is 6. The molecule has 8 nitrogen and oxygen atoms in total. The van der Waals surface area contributed by atoms with Crippen molar-refractivity contribution in [2.75, 3.05) is 56.8 Å². The number of nitrogens with one attached hydrogen (secondary N) is 1. The second kappa shape index (κ2) is 8.97. The summed E-state index contributed by atoms with van der Waals surface area (Å²) in [5, 5.41) is 2.88. The summed E-state index contributed by atoms with van der Waals surface area (Å²) in [6.45, 7) is 3.41. The van der Waals surface area contributed by atoms with E-state index in [9.17, 15) is 14.4 Å². The van der Waals surface area contributed by atoms with Crippen LogP contribution in [0.15, 0.2) is 36.4 Å². The second-order valence-electron chi connectivity index (χ2n) is 8.11. The Morgan fingerprint density at radius 2 is 1.67 bits per heavy atom. The van der Waals surface area contributed by atoms with Crippen LogP contribution in [0, 0.1) is 11.8 Å². The number of carbonyl (C=O) groups is 3. The Bertz CT molecular complexity index is 806. The highest BCUT2D eigenvalue weighted by molar-refractivity contribution is 6.05. The number of likely N-dealkylation sites (tertiary alicyclic amines) is 1. The zero-order chi connectivity index (χ0) is 21.1. The third-order valence-electron chi connectivity index (χ3n) is 5.92. The summed E-state index contributed by atoms with van der Waals surface area (Å²) >= 11 is 0. The van der Waals surface area contributed by atoms with Gasteiger partial charge in [-0.3, -0.25) is 24.2 Å². The number of likely N-dealkylation sites (N-methyl/N-ethyl adjacent to an activating group) is 1. The van der Waals surface area contributed by atoms with E-state index in [1.54, 1.807) is 11.9 Å². The number of anilines is 2. The first-order valence-electron chi connectivity index (χ1n) is 10.4. The smallest absolute Gasteiger partial charge is 0.238 e. The van der Waals surface area contributed by atoms with Crippen molar-refractivity contribution in [3.8, 4) is 0 Å². The minimum absolute atomic E-state index is 0.0931. The molecule has 1 aliphatic carbocycles. The van der Waals surface area contributed by atoms with Gasteiger partial charge in [0.2, 0.25) is 17.7 Å². The third-order valence-corrected chi connectivity index (χ3v) is 5.92. The molecule has 160 valence electrons. The molecule has 0 aromatic heterocycles. The van der Waals surface area contributed by atoms with Crippen LogP contribution in [0.4, 0.5) is 11.4 Å². The number of nitrogens with zero attached hydrogens (tertiary/aromatic N) is 3. The van der Waals surface area contributed by atoms with Crippen molar-refractivity contribution >= 4 is 29.1 Å². The average Bonchev–Trinajstić information content (AvgIpc) is 3.00. The number of ether oxygens (including phenoxy) is 1. The van der Waals surface area contributed by atoms with E-state index in [2.05, 4.69) is 10.2 Å². The van der Waals surface area contributed by atoms with Crippen molar-refractivity contribution in [3.05, 3.63) is 36.4 Å². The SMILES string of the molecule is CN(CC(=O)Nc1ccc(N2CCOCC2)cc1)CN1C(=O)[C@H]2CC=CC[C@@H]2C1=O. The maximum absolute atomic E-state index is 12.6. The molecule has 1 N–H and O–H groups in total. The normalized spacial score (nSPS) is 23.8. The molecule has 0 bridgehead atoms. The number of allylic oxidation sites excluding steroid dienone is 2. The second-order valence-corrected chi connectivity index (χ2v) is 8.11. The molecule has 2 heterocycles. The number of fused-ring (bicyclic) bond motifs is 1. The highest BCUT2D eigenvalue weighted by Gasteiger charge is 2.47. The van der Waals surface area contributed by atoms with Gasteiger partial charge in [-0.05, 0) is 44.2 Å². The first-order chi connectivity index (χ1) is 14.5. The number of hydrogen-bond donors (Lipinski definition) is 1. The van der Waals surface area contributed by atoms with Gasteiger partial charge in [0, 0.05) is 24.5 Å². The lowest BCUT2D eigenvalue weighted by Crippen LogP contribution is -2.42. The standard InChI is InChI=1S/C22H28N4O4/c1-24(15-26-21(28)18-4-2-3-5-19(18)22(26)29)14-20(27)23-16-6-8-17(9-7-16)25-10-12-30-13-11-25/h2-3,6-9,18-19H,4-5,10-15H2,1H3,(H,23,27)/t18-,19-/m0/s1. The molecular weight excluding hydrogens is 384 g/mol. The molecule has 1 aromatic rings. The zero-order valence-corrected chi connectivity index (χ0v) is 17.3. The van der Waals surface area contributed by atoms with E-state index in [0.717, 1.165) is 37.7 Å². The molecule has 0 radical (unpaired) electrons. The third kappa shape index (κ3) is 4.39. The maximum atomic E-state index is 12.6. The van der Waals surface area contributed by atoms with E-state index in [0.29, 0.717) is 12.8 Å². The van der Waals surface area contributed by atoms with Crippen molar-refractivity contribution in [3.63, 3.8) is 0 Å². The first-order valence-corrected chi connectivity index (χ1v) is 10.4. The zero-order valence-electron chi connectivity index (χ0n) is 17.3. The van der Waals surface area contributed by atoms with Crippen LogP contribution in [0.2, 0.25) is 0 Å². The Labute approximate surface area is 176 Å². The fraction of sp³-hybridized carbons (Fsp3) is 0.500. The lowest BCUT2D eigenvalue weighted by Gasteiger charge is -2.29. The van der Waals surface area contributed by atoms with Crippen LogP contribution < -0.4 is 10.2 Å². The highest BCUT2D eigenvalue weighted by atomic mass is 16.5. The number of morpholine rings is 1. The maximum Gasteiger partial charge on any atom is 0.238 e. The molecule has 2 saturated heterocycles. The molecule has 2 aliphatic heterocycles. The van der Waals surface area contributed by atoms with Crippen molar-refractivity contribution < 1.29 is 19.1 Å². The first kappa shape index (κ1) is 20.6. The number of imide groups is 1. The van der Waals surface area contributed by atoms with Crippen LogP contribution in [0.25, 0.3) is 0 Å². The van der Waals surface area contributed by atoms with Crippen LogP contribution in [-0.2, 0) is 19.1 Å². The molecule has 3 aliphatic rings. The van der Waals surface area contributed by atoms with Gasteiger partial charge in [-0.2, -0.15) is 0 Å². The van der Waals surface area contributed by atoms with E-state index >= 15 is 0 Å². The number of carbonyl (C=O) groups excluding carboxylic acids is 3. The Morgan fingerprint density at radius 1 is 1.07 bits per heavy atom. The average molecular weight is 412 g/mol. The fourth-order valence-corrected chi connectivity index (χ4v) is 4.32. The Kier molecular flexibility index (Phi) is 6.15. The number of hydrogen-bond acceptors (Lipinski definition) is 6. The summed E-state index contributed by atoms with van der Waals surface area (Å²) in [5.41, 5.74) is 1.83. The largest absolute Gasteiger partial charge is 0.378 e. The summed E-state index contributed by atoms with van der Waals surface area (Å²) in [4.78, 5) is 42.8. The van der Waals surface area contributed by atoms with Gasteiger partial charge in [-0.15, -0.1) is 0 Å². The van der Waals surface area contributed by atoms with Gasteiger partial charge in [-0.25, -0.2) is 0 Å². The van der Waals surface area contributed by atoms with Crippen molar-refractivity contribution in [1.82, 2.24) is 9.80 Å². The Balaban J connectivity index is 1.27. The molecule has 2 atom stereocenters. The van der Waals surface area contributed by atoms with Gasteiger partial charge in [0.15, 0.2) is 0 Å². The Morgan fingerprint density at radius 3 is 2.27 bits per heavy atom. The van der Waals surface area contributed by atoms with Crippen LogP contribution in [0.5, 0.6) is 0 Å². The molecule has 8 heteroatoms. The van der Waals surface area contributed by atoms with Crippen molar-refractivity contribution in [2.24, 2.45) is 11.8 Å². The summed E-state index contributed by atoms with van der Waals surface area (Å²) in [5.74, 6) is -0.917. The van der Waals surface area contributed by atoms with Gasteiger partial charge in [0.05, 0.1) is 38.3 Å². The summed E-state index contributed by atoms with van der Waals surface area (Å²) in [7, 11) is 1.74. The van der Waals surface area contributed by atoms with Crippen LogP contribution >= 0.6 is 0 Å². The monoisotopic (exact) mass is 412 g/mol. The van der Waals surface area contributed by atoms with E-state index in [4.69, 9.17) is 4.74 Å². The predicted octanol–water partition coefficient (Wildman–Crippen LogP) is 1.30. The van der Waals surface area contributed by atoms with Gasteiger partial charge in [0.25, 0.3) is 0 Å². The molecule has 0 saturated carbocycles. The van der Waals surface area contributed by atoms with Crippen LogP contribution in [-0.4, -0.2) is 74.1 Å². The quantitative estimate of drug-likeness (QED) is 0.560. The molecular formula is C22H28N4O4. The molecule has 0 spiro atoms. The summed E-state index contributed by atoms with van der Waals surface area (Å²) in [6.07, 6.45) is 5.18. The van der Waals surface area contributed by atoms with Crippen LogP contribution in [0.3, 0.4) is 0 Å². The summed E-state index contributed by atoms with van der Waals surface area (Å²) < 4.78 is 5.37. The van der Waals surface area contributed by atoms with E-state index in [1.165, 1.54) is 4.90 Å². The van der Waals surface area contributed by atoms with Gasteiger partial charge < -0.3 is 15.0 Å². The van der Waals surface area contributed by atoms with Crippen LogP contribution in [0.1, 0.15) is 12.8 Å². The predicted molar refractivity (Wildman–Crippen MR) is 113 cm³/mol. The van der Waals surface area contributed by atoms with E-state index < -0.39 is 0 Å². The number of amides is 3. The minimum Gasteiger partial charge on any atom is -0.378 e. The Hall–Kier alpha value is -2.71. The lowest BCUT2D eigenvalue weighted by atomic mass is 9.85. The van der Waals surface area contributed by atoms with E-state index in [1.807, 2.05) is 36.4 Å². The van der Waals surface area contributed by atoms with E-state index in [-0.39, 0.29) is 42.8 Å². The molecule has 0 unspecified atom stereocenters. The molecule has 1 aromatic carbocycles. The van der Waals surface area contributed by atoms with Crippen molar-refractivity contribution in [1.29, 1.82) is 0 Å². The molecule has 3 amide bonds. The fourth-order valence-electron chi connectivity index (χ4n) is 4.32. The van der Waals surface area contributed by atoms with Crippen molar-refractivity contribution in [2.45, 2.75) is 12.8 Å². The molecule has 30 heavy (non-hydrogen) atoms. The van der Waals surface area contributed by atoms with Gasteiger partial charge in [-0.1, -0.05) is 12.2 Å². The lowest BCUT2D eigenvalue weighted by molar-refractivity contribution is -0.142. The minimum atomic E-state index is -0.241. The highest BCUT2D eigenvalue weighted by Crippen LogP contribution is 2.34. The molecule has 2 fully saturated rings. The van der Waals surface area contributed by atoms with Gasteiger partial charge >= 0.3 is 0 Å².